The SMILES string of the molecule is CCCCCCCCCCCCCCCCCC(=O)OS(=O)(=O)[O-].CCO.[Na+]. The minimum Gasteiger partial charge on any atom is -0.716 e. The van der Waals surface area contributed by atoms with Gasteiger partial charge in [-0.25, -0.2) is 8.42 Å². The zero-order valence-corrected chi connectivity index (χ0v) is 21.2. The number of hydrogen-bond donors (Lipinski definition) is 1. The second-order valence-corrected chi connectivity index (χ2v) is 7.86. The Morgan fingerprint density at radius 3 is 1.32 bits per heavy atom. The van der Waals surface area contributed by atoms with E-state index in [0.717, 1.165) is 19.3 Å². The number of aliphatic hydroxyl groups is 1. The van der Waals surface area contributed by atoms with Crippen molar-refractivity contribution in [3.8, 4) is 0 Å². The van der Waals surface area contributed by atoms with Gasteiger partial charge in [0, 0.05) is 13.0 Å². The number of rotatable bonds is 17. The Bertz CT molecular complexity index is 415. The van der Waals surface area contributed by atoms with Crippen LogP contribution in [-0.4, -0.2) is 30.7 Å². The van der Waals surface area contributed by atoms with Crippen LogP contribution in [-0.2, 0) is 19.4 Å². The summed E-state index contributed by atoms with van der Waals surface area (Å²) in [5.74, 6) is -0.945. The summed E-state index contributed by atoms with van der Waals surface area (Å²) in [7, 11) is -4.89. The first-order valence-corrected chi connectivity index (χ1v) is 12.0. The molecule has 0 radical (unpaired) electrons. The molecular weight excluding hydrogens is 391 g/mol. The second-order valence-electron chi connectivity index (χ2n) is 6.88. The molecule has 0 unspecified atom stereocenters. The molecule has 0 aliphatic heterocycles. The van der Waals surface area contributed by atoms with Gasteiger partial charge in [-0.1, -0.05) is 96.8 Å². The Hall–Kier alpha value is 0.340. The van der Waals surface area contributed by atoms with Crippen LogP contribution in [0.2, 0.25) is 0 Å². The second kappa shape index (κ2) is 25.4. The maximum Gasteiger partial charge on any atom is 1.00 e. The first-order valence-electron chi connectivity index (χ1n) is 10.7. The Morgan fingerprint density at radius 2 is 1.04 bits per heavy atom. The molecule has 6 nitrogen and oxygen atoms in total. The number of carbonyl (C=O) groups is 1. The summed E-state index contributed by atoms with van der Waals surface area (Å²) < 4.78 is 34.3. The molecule has 0 aromatic heterocycles. The Labute approximate surface area is 195 Å². The molecule has 0 amide bonds. The zero-order valence-electron chi connectivity index (χ0n) is 18.4. The molecule has 28 heavy (non-hydrogen) atoms. The molecule has 0 saturated heterocycles. The number of aliphatic hydroxyl groups excluding tert-OH is 1. The van der Waals surface area contributed by atoms with Crippen molar-refractivity contribution >= 4 is 16.4 Å². The summed E-state index contributed by atoms with van der Waals surface area (Å²) in [5.41, 5.74) is 0. The van der Waals surface area contributed by atoms with Gasteiger partial charge in [-0.15, -0.1) is 0 Å². The van der Waals surface area contributed by atoms with Crippen LogP contribution in [0.25, 0.3) is 0 Å². The van der Waals surface area contributed by atoms with E-state index in [1.807, 2.05) is 0 Å². The molecule has 0 fully saturated rings. The molecule has 0 aromatic rings. The van der Waals surface area contributed by atoms with Gasteiger partial charge in [0.05, 0.1) is 0 Å². The van der Waals surface area contributed by atoms with Crippen LogP contribution in [0.5, 0.6) is 0 Å². The van der Waals surface area contributed by atoms with Gasteiger partial charge < -0.3 is 13.8 Å². The molecule has 0 aliphatic carbocycles. The Morgan fingerprint density at radius 1 is 0.750 bits per heavy atom. The largest absolute Gasteiger partial charge is 1.00 e. The molecule has 8 heteroatoms. The van der Waals surface area contributed by atoms with Gasteiger partial charge in [-0.05, 0) is 13.3 Å². The van der Waals surface area contributed by atoms with E-state index in [4.69, 9.17) is 5.11 Å². The Kier molecular flexibility index (Phi) is 29.9. The molecule has 0 saturated carbocycles. The van der Waals surface area contributed by atoms with Crippen LogP contribution in [0.3, 0.4) is 0 Å². The first-order chi connectivity index (χ1) is 12.9. The fourth-order valence-electron chi connectivity index (χ4n) is 2.80. The molecule has 0 rings (SSSR count). The summed E-state index contributed by atoms with van der Waals surface area (Å²) in [6.07, 6.45) is 18.3. The smallest absolute Gasteiger partial charge is 0.716 e. The molecule has 164 valence electrons. The molecule has 0 spiro atoms. The van der Waals surface area contributed by atoms with Gasteiger partial charge in [0.1, 0.15) is 0 Å². The molecule has 0 aliphatic rings. The van der Waals surface area contributed by atoms with E-state index in [-0.39, 0.29) is 42.6 Å². The van der Waals surface area contributed by atoms with Crippen molar-refractivity contribution in [1.82, 2.24) is 0 Å². The van der Waals surface area contributed by atoms with Gasteiger partial charge in [-0.2, -0.15) is 0 Å². The average Bonchev–Trinajstić information content (AvgIpc) is 2.57. The molecule has 0 aromatic carbocycles. The standard InChI is InChI=1S/C18H36O5S.C2H6O.Na/c1-2-3-4-5-6-7-8-9-10-11-12-13-14-15-16-17-18(19)23-24(20,21)22;1-2-3;/h2-17H2,1H3,(H,20,21,22);3H,2H2,1H3;/q;;+1/p-1. The predicted molar refractivity (Wildman–Crippen MR) is 108 cm³/mol. The van der Waals surface area contributed by atoms with E-state index in [2.05, 4.69) is 11.1 Å². The quantitative estimate of drug-likeness (QED) is 0.164. The van der Waals surface area contributed by atoms with Crippen LogP contribution in [0.4, 0.5) is 0 Å². The van der Waals surface area contributed by atoms with Crippen LogP contribution >= 0.6 is 0 Å². The van der Waals surface area contributed by atoms with Gasteiger partial charge in [0.25, 0.3) is 10.4 Å². The van der Waals surface area contributed by atoms with Gasteiger partial charge in [-0.3, -0.25) is 4.79 Å². The predicted octanol–water partition coefficient (Wildman–Crippen LogP) is 2.25. The fourth-order valence-corrected chi connectivity index (χ4v) is 3.11. The molecule has 0 atom stereocenters. The summed E-state index contributed by atoms with van der Waals surface area (Å²) in [4.78, 5) is 11.0. The minimum absolute atomic E-state index is 0. The first kappa shape index (κ1) is 33.0. The van der Waals surface area contributed by atoms with Crippen molar-refractivity contribution in [1.29, 1.82) is 0 Å². The molecule has 1 N–H and O–H groups in total. The fraction of sp³-hybridized carbons (Fsp3) is 0.950. The van der Waals surface area contributed by atoms with Crippen molar-refractivity contribution in [3.63, 3.8) is 0 Å². The van der Waals surface area contributed by atoms with Crippen LogP contribution in [0, 0.1) is 0 Å². The Balaban J connectivity index is -0.00000146. The monoisotopic (exact) mass is 432 g/mol. The molecule has 0 bridgehead atoms. The zero-order chi connectivity index (χ0) is 20.8. The topological polar surface area (TPSA) is 104 Å². The molecule has 0 heterocycles. The average molecular weight is 433 g/mol. The third-order valence-electron chi connectivity index (χ3n) is 4.18. The van der Waals surface area contributed by atoms with Crippen molar-refractivity contribution in [2.45, 2.75) is 117 Å². The minimum atomic E-state index is -4.89. The van der Waals surface area contributed by atoms with Crippen LogP contribution in [0.1, 0.15) is 117 Å². The summed E-state index contributed by atoms with van der Waals surface area (Å²) >= 11 is 0. The summed E-state index contributed by atoms with van der Waals surface area (Å²) in [6.45, 7) is 4.18. The number of unbranched alkanes of at least 4 members (excludes halogenated alkanes) is 14. The van der Waals surface area contributed by atoms with Crippen molar-refractivity contribution in [2.75, 3.05) is 6.61 Å². The van der Waals surface area contributed by atoms with Crippen molar-refractivity contribution in [2.24, 2.45) is 0 Å². The summed E-state index contributed by atoms with van der Waals surface area (Å²) in [6, 6.07) is 0. The van der Waals surface area contributed by atoms with E-state index in [9.17, 15) is 17.8 Å². The number of hydrogen-bond acceptors (Lipinski definition) is 6. The van der Waals surface area contributed by atoms with Gasteiger partial charge in [0.15, 0.2) is 0 Å². The van der Waals surface area contributed by atoms with Crippen molar-refractivity contribution < 1.29 is 56.6 Å². The van der Waals surface area contributed by atoms with E-state index < -0.39 is 16.4 Å². The molecular formula is C20H41NaO6S. The van der Waals surface area contributed by atoms with Gasteiger partial charge in [0.2, 0.25) is 0 Å². The van der Waals surface area contributed by atoms with E-state index >= 15 is 0 Å². The maximum atomic E-state index is 11.0. The van der Waals surface area contributed by atoms with Crippen LogP contribution < -0.4 is 29.6 Å². The van der Waals surface area contributed by atoms with E-state index in [1.165, 1.54) is 70.6 Å². The maximum absolute atomic E-state index is 11.0. The van der Waals surface area contributed by atoms with E-state index in [1.54, 1.807) is 6.92 Å². The van der Waals surface area contributed by atoms with E-state index in [0.29, 0.717) is 6.42 Å². The third kappa shape index (κ3) is 33.9. The van der Waals surface area contributed by atoms with Crippen LogP contribution in [0.15, 0.2) is 0 Å². The van der Waals surface area contributed by atoms with Crippen molar-refractivity contribution in [3.05, 3.63) is 0 Å². The normalized spacial score (nSPS) is 10.6. The van der Waals surface area contributed by atoms with Gasteiger partial charge >= 0.3 is 35.5 Å². The third-order valence-corrected chi connectivity index (χ3v) is 4.57. The number of carbonyl (C=O) groups excluding carboxylic acids is 1. The summed E-state index contributed by atoms with van der Waals surface area (Å²) in [5, 5.41) is 7.57.